The summed E-state index contributed by atoms with van der Waals surface area (Å²) in [4.78, 5) is 0. The number of nitriles is 2. The molecule has 0 spiro atoms. The Morgan fingerprint density at radius 2 is 0.982 bits per heavy atom. The first kappa shape index (κ1) is 30.4. The zero-order chi connectivity index (χ0) is 37.1. The summed E-state index contributed by atoms with van der Waals surface area (Å²) in [6, 6.07) is 58.1. The van der Waals surface area contributed by atoms with Crippen LogP contribution in [0.15, 0.2) is 167 Å². The number of para-hydroxylation sites is 5. The molecule has 4 aromatic heterocycles. The first-order valence-electron chi connectivity index (χ1n) is 18.5. The van der Waals surface area contributed by atoms with E-state index in [1.54, 1.807) is 0 Å². The standard InChI is InChI=1S/C50H26N4O2/c51-27-29-24-31(26-32(25-29)53-40-16-5-1-13-38(40)46-42(53)22-20-36-34-11-3-7-18-44(34)55-49(36)46)33-15-9-10-30(28-52)48(33)54-41-17-6-2-14-39(41)47-43(54)23-21-37-35-12-4-8-19-45(35)56-50(37)47/h1-26H. The van der Waals surface area contributed by atoms with Gasteiger partial charge in [0.05, 0.1) is 55.7 Å². The first-order chi connectivity index (χ1) is 27.7. The second-order valence-electron chi connectivity index (χ2n) is 14.3. The molecule has 4 heterocycles. The lowest BCUT2D eigenvalue weighted by Gasteiger charge is -2.17. The highest BCUT2D eigenvalue weighted by Crippen LogP contribution is 2.44. The molecule has 8 aromatic carbocycles. The quantitative estimate of drug-likeness (QED) is 0.182. The molecule has 0 saturated heterocycles. The third-order valence-electron chi connectivity index (χ3n) is 11.4. The zero-order valence-corrected chi connectivity index (χ0v) is 29.6. The average Bonchev–Trinajstić information content (AvgIpc) is 4.00. The fourth-order valence-electron chi connectivity index (χ4n) is 9.06. The summed E-state index contributed by atoms with van der Waals surface area (Å²) < 4.78 is 17.5. The lowest BCUT2D eigenvalue weighted by Crippen LogP contribution is -2.02. The van der Waals surface area contributed by atoms with Crippen LogP contribution in [0.3, 0.4) is 0 Å². The van der Waals surface area contributed by atoms with Crippen molar-refractivity contribution in [2.24, 2.45) is 0 Å². The summed E-state index contributed by atoms with van der Waals surface area (Å²) in [7, 11) is 0. The van der Waals surface area contributed by atoms with Crippen LogP contribution in [-0.2, 0) is 0 Å². The minimum Gasteiger partial charge on any atom is -0.455 e. The first-order valence-corrected chi connectivity index (χ1v) is 18.5. The summed E-state index contributed by atoms with van der Waals surface area (Å²) in [6.45, 7) is 0. The zero-order valence-electron chi connectivity index (χ0n) is 29.6. The molecular formula is C50H26N4O2. The van der Waals surface area contributed by atoms with Gasteiger partial charge in [0.25, 0.3) is 0 Å². The van der Waals surface area contributed by atoms with Gasteiger partial charge in [-0.25, -0.2) is 0 Å². The van der Waals surface area contributed by atoms with E-state index in [4.69, 9.17) is 8.83 Å². The molecule has 0 saturated carbocycles. The van der Waals surface area contributed by atoms with Gasteiger partial charge in [0.2, 0.25) is 0 Å². The molecule has 0 amide bonds. The van der Waals surface area contributed by atoms with Crippen molar-refractivity contribution in [3.8, 4) is 34.6 Å². The molecule has 0 radical (unpaired) electrons. The second-order valence-corrected chi connectivity index (χ2v) is 14.3. The molecule has 56 heavy (non-hydrogen) atoms. The van der Waals surface area contributed by atoms with Gasteiger partial charge >= 0.3 is 0 Å². The maximum Gasteiger partial charge on any atom is 0.145 e. The number of furan rings is 2. The molecule has 0 N–H and O–H groups in total. The van der Waals surface area contributed by atoms with E-state index in [0.717, 1.165) is 110 Å². The van der Waals surface area contributed by atoms with Gasteiger partial charge in [-0.1, -0.05) is 84.9 Å². The molecule has 0 bridgehead atoms. The minimum atomic E-state index is 0.507. The summed E-state index contributed by atoms with van der Waals surface area (Å²) in [5.74, 6) is 0. The van der Waals surface area contributed by atoms with Crippen molar-refractivity contribution in [2.75, 3.05) is 0 Å². The predicted molar refractivity (Wildman–Crippen MR) is 225 cm³/mol. The van der Waals surface area contributed by atoms with Crippen molar-refractivity contribution in [1.29, 1.82) is 10.5 Å². The van der Waals surface area contributed by atoms with Crippen LogP contribution in [0, 0.1) is 22.7 Å². The van der Waals surface area contributed by atoms with Gasteiger partial charge in [-0.05, 0) is 78.4 Å². The Balaban J connectivity index is 1.16. The molecule has 6 heteroatoms. The average molecular weight is 715 g/mol. The van der Waals surface area contributed by atoms with E-state index in [2.05, 4.69) is 94.1 Å². The normalized spacial score (nSPS) is 11.9. The van der Waals surface area contributed by atoms with Gasteiger partial charge in [-0.3, -0.25) is 0 Å². The number of aromatic nitrogens is 2. The fraction of sp³-hybridized carbons (Fsp3) is 0. The maximum absolute atomic E-state index is 10.7. The summed E-state index contributed by atoms with van der Waals surface area (Å²) in [5, 5.41) is 29.6. The van der Waals surface area contributed by atoms with Gasteiger partial charge in [0.15, 0.2) is 0 Å². The topological polar surface area (TPSA) is 83.7 Å². The molecule has 0 atom stereocenters. The lowest BCUT2D eigenvalue weighted by atomic mass is 9.97. The van der Waals surface area contributed by atoms with E-state index in [1.165, 1.54) is 0 Å². The van der Waals surface area contributed by atoms with Crippen molar-refractivity contribution in [3.63, 3.8) is 0 Å². The summed E-state index contributed by atoms with van der Waals surface area (Å²) in [6.07, 6.45) is 0. The molecule has 0 fully saturated rings. The third kappa shape index (κ3) is 4.02. The van der Waals surface area contributed by atoms with Crippen LogP contribution < -0.4 is 0 Å². The highest BCUT2D eigenvalue weighted by atomic mass is 16.3. The Kier molecular flexibility index (Phi) is 6.10. The van der Waals surface area contributed by atoms with Crippen LogP contribution in [0.4, 0.5) is 0 Å². The van der Waals surface area contributed by atoms with E-state index >= 15 is 0 Å². The van der Waals surface area contributed by atoms with Crippen molar-refractivity contribution < 1.29 is 8.83 Å². The van der Waals surface area contributed by atoms with Crippen LogP contribution >= 0.6 is 0 Å². The smallest absolute Gasteiger partial charge is 0.145 e. The minimum absolute atomic E-state index is 0.507. The van der Waals surface area contributed by atoms with Crippen molar-refractivity contribution >= 4 is 87.5 Å². The number of nitrogens with zero attached hydrogens (tertiary/aromatic N) is 4. The SMILES string of the molecule is N#Cc1cc(-c2cccc(C#N)c2-n2c3ccccc3c3c4oc5ccccc5c4ccc32)cc(-n2c3ccccc3c3c4oc5ccccc5c4ccc32)c1. The molecule has 0 aliphatic carbocycles. The Hall–Kier alpha value is -8.06. The molecule has 0 aliphatic heterocycles. The van der Waals surface area contributed by atoms with Crippen LogP contribution in [0.25, 0.3) is 110 Å². The van der Waals surface area contributed by atoms with E-state index < -0.39 is 0 Å². The predicted octanol–water partition coefficient (Wildman–Crippen LogP) is 13.1. The van der Waals surface area contributed by atoms with Crippen LogP contribution in [0.5, 0.6) is 0 Å². The number of hydrogen-bond donors (Lipinski definition) is 0. The number of fused-ring (bicyclic) bond motifs is 14. The van der Waals surface area contributed by atoms with E-state index in [-0.39, 0.29) is 0 Å². The van der Waals surface area contributed by atoms with Crippen molar-refractivity contribution in [3.05, 3.63) is 169 Å². The van der Waals surface area contributed by atoms with Gasteiger partial charge < -0.3 is 18.0 Å². The lowest BCUT2D eigenvalue weighted by molar-refractivity contribution is 0.672. The number of rotatable bonds is 3. The molecular weight excluding hydrogens is 689 g/mol. The summed E-state index contributed by atoms with van der Waals surface area (Å²) in [5.41, 5.74) is 11.4. The van der Waals surface area contributed by atoms with Crippen LogP contribution in [0.2, 0.25) is 0 Å². The van der Waals surface area contributed by atoms with E-state index in [9.17, 15) is 10.5 Å². The Morgan fingerprint density at radius 3 is 1.59 bits per heavy atom. The van der Waals surface area contributed by atoms with Crippen LogP contribution in [0.1, 0.15) is 11.1 Å². The molecule has 0 aliphatic rings. The Labute approximate surface area is 318 Å². The number of hydrogen-bond acceptors (Lipinski definition) is 4. The largest absolute Gasteiger partial charge is 0.455 e. The van der Waals surface area contributed by atoms with Crippen LogP contribution in [-0.4, -0.2) is 9.13 Å². The third-order valence-corrected chi connectivity index (χ3v) is 11.4. The van der Waals surface area contributed by atoms with E-state index in [1.807, 2.05) is 84.9 Å². The molecule has 12 rings (SSSR count). The molecule has 0 unspecified atom stereocenters. The van der Waals surface area contributed by atoms with Gasteiger partial charge in [0, 0.05) is 43.6 Å². The Morgan fingerprint density at radius 1 is 0.429 bits per heavy atom. The Bertz CT molecular complexity index is 3750. The second kappa shape index (κ2) is 11.2. The monoisotopic (exact) mass is 714 g/mol. The van der Waals surface area contributed by atoms with Gasteiger partial charge in [0.1, 0.15) is 28.4 Å². The highest BCUT2D eigenvalue weighted by molar-refractivity contribution is 6.25. The van der Waals surface area contributed by atoms with Gasteiger partial charge in [-0.15, -0.1) is 0 Å². The highest BCUT2D eigenvalue weighted by Gasteiger charge is 2.24. The maximum atomic E-state index is 10.7. The van der Waals surface area contributed by atoms with Crippen molar-refractivity contribution in [2.45, 2.75) is 0 Å². The number of benzene rings is 8. The molecule has 258 valence electrons. The molecule has 12 aromatic rings. The fourth-order valence-corrected chi connectivity index (χ4v) is 9.06. The van der Waals surface area contributed by atoms with Crippen molar-refractivity contribution in [1.82, 2.24) is 9.13 Å². The molecule has 6 nitrogen and oxygen atoms in total. The van der Waals surface area contributed by atoms with Gasteiger partial charge in [-0.2, -0.15) is 10.5 Å². The van der Waals surface area contributed by atoms with E-state index in [0.29, 0.717) is 11.1 Å². The summed E-state index contributed by atoms with van der Waals surface area (Å²) >= 11 is 0.